The number of benzene rings is 1. The second-order valence-corrected chi connectivity index (χ2v) is 8.17. The number of aliphatic imine (C=N–C) groups is 1. The number of ether oxygens (including phenoxy) is 1. The molecule has 2 aliphatic rings. The lowest BCUT2D eigenvalue weighted by atomic mass is 10.0. The van der Waals surface area contributed by atoms with Crippen LogP contribution in [0.4, 0.5) is 5.69 Å². The lowest BCUT2D eigenvalue weighted by Gasteiger charge is -2.28. The Hall–Kier alpha value is -1.40. The van der Waals surface area contributed by atoms with E-state index in [9.17, 15) is 0 Å². The van der Waals surface area contributed by atoms with Crippen LogP contribution in [0, 0.1) is 0 Å². The molecule has 25 heavy (non-hydrogen) atoms. The number of guanidine groups is 1. The number of anilines is 1. The van der Waals surface area contributed by atoms with Crippen LogP contribution < -0.4 is 15.5 Å². The monoisotopic (exact) mass is 362 g/mol. The van der Waals surface area contributed by atoms with Gasteiger partial charge in [-0.05, 0) is 37.5 Å². The maximum absolute atomic E-state index is 5.82. The molecule has 1 aromatic rings. The predicted octanol–water partition coefficient (Wildman–Crippen LogP) is 2.47. The minimum atomic E-state index is -0.0635. The SMILES string of the molecule is CN=C(NCc1ccc(N2CCSCC2)cc1)NCC1(C)CCCO1. The van der Waals surface area contributed by atoms with Gasteiger partial charge in [0.2, 0.25) is 0 Å². The van der Waals surface area contributed by atoms with Crippen molar-refractivity contribution in [3.63, 3.8) is 0 Å². The van der Waals surface area contributed by atoms with Gasteiger partial charge in [0, 0.05) is 57.0 Å². The first-order chi connectivity index (χ1) is 12.2. The summed E-state index contributed by atoms with van der Waals surface area (Å²) < 4.78 is 5.82. The Morgan fingerprint density at radius 1 is 1.24 bits per heavy atom. The van der Waals surface area contributed by atoms with Crippen molar-refractivity contribution in [3.05, 3.63) is 29.8 Å². The van der Waals surface area contributed by atoms with Crippen LogP contribution in [0.5, 0.6) is 0 Å². The number of thioether (sulfide) groups is 1. The summed E-state index contributed by atoms with van der Waals surface area (Å²) in [4.78, 5) is 6.78. The summed E-state index contributed by atoms with van der Waals surface area (Å²) in [6.45, 7) is 6.90. The van der Waals surface area contributed by atoms with Crippen molar-refractivity contribution < 1.29 is 4.74 Å². The topological polar surface area (TPSA) is 48.9 Å². The summed E-state index contributed by atoms with van der Waals surface area (Å²) in [6.07, 6.45) is 2.25. The number of rotatable bonds is 5. The Labute approximate surface area is 155 Å². The van der Waals surface area contributed by atoms with Crippen molar-refractivity contribution in [3.8, 4) is 0 Å². The highest BCUT2D eigenvalue weighted by molar-refractivity contribution is 7.99. The number of hydrogen-bond donors (Lipinski definition) is 2. The van der Waals surface area contributed by atoms with Crippen LogP contribution in [0.2, 0.25) is 0 Å². The molecule has 0 aromatic heterocycles. The molecule has 0 radical (unpaired) electrons. The molecule has 0 aliphatic carbocycles. The van der Waals surface area contributed by atoms with Crippen LogP contribution in [0.15, 0.2) is 29.3 Å². The van der Waals surface area contributed by atoms with Crippen molar-refractivity contribution in [2.24, 2.45) is 4.99 Å². The van der Waals surface area contributed by atoms with E-state index in [4.69, 9.17) is 4.74 Å². The van der Waals surface area contributed by atoms with Gasteiger partial charge in [-0.15, -0.1) is 0 Å². The van der Waals surface area contributed by atoms with E-state index in [-0.39, 0.29) is 5.60 Å². The number of hydrogen-bond acceptors (Lipinski definition) is 4. The first kappa shape index (κ1) is 18.4. The molecule has 3 rings (SSSR count). The van der Waals surface area contributed by atoms with Gasteiger partial charge in [-0.2, -0.15) is 11.8 Å². The van der Waals surface area contributed by atoms with Crippen LogP contribution in [0.1, 0.15) is 25.3 Å². The second-order valence-electron chi connectivity index (χ2n) is 6.95. The molecule has 138 valence electrons. The lowest BCUT2D eigenvalue weighted by Crippen LogP contribution is -2.45. The molecule has 1 unspecified atom stereocenters. The van der Waals surface area contributed by atoms with Crippen LogP contribution in [-0.2, 0) is 11.3 Å². The third-order valence-corrected chi connectivity index (χ3v) is 5.87. The van der Waals surface area contributed by atoms with E-state index in [2.05, 4.69) is 51.7 Å². The minimum absolute atomic E-state index is 0.0635. The molecule has 0 spiro atoms. The summed E-state index contributed by atoms with van der Waals surface area (Å²) in [5.74, 6) is 3.29. The fourth-order valence-corrected chi connectivity index (χ4v) is 4.20. The van der Waals surface area contributed by atoms with E-state index < -0.39 is 0 Å². The van der Waals surface area contributed by atoms with Gasteiger partial charge in [0.25, 0.3) is 0 Å². The Morgan fingerprint density at radius 3 is 2.64 bits per heavy atom. The molecule has 5 nitrogen and oxygen atoms in total. The van der Waals surface area contributed by atoms with Crippen LogP contribution >= 0.6 is 11.8 Å². The molecule has 0 amide bonds. The fraction of sp³-hybridized carbons (Fsp3) is 0.632. The van der Waals surface area contributed by atoms with E-state index in [0.717, 1.165) is 51.6 Å². The van der Waals surface area contributed by atoms with Crippen molar-refractivity contribution in [1.82, 2.24) is 10.6 Å². The maximum atomic E-state index is 5.82. The van der Waals surface area contributed by atoms with Crippen molar-refractivity contribution in [1.29, 1.82) is 0 Å². The first-order valence-electron chi connectivity index (χ1n) is 9.19. The Kier molecular flexibility index (Phi) is 6.48. The third kappa shape index (κ3) is 5.28. The molecule has 1 atom stereocenters. The van der Waals surface area contributed by atoms with Crippen LogP contribution in [0.25, 0.3) is 0 Å². The zero-order valence-electron chi connectivity index (χ0n) is 15.4. The average molecular weight is 363 g/mol. The molecule has 2 heterocycles. The zero-order chi connectivity index (χ0) is 17.5. The van der Waals surface area contributed by atoms with Gasteiger partial charge in [0.05, 0.1) is 5.60 Å². The van der Waals surface area contributed by atoms with E-state index in [1.165, 1.54) is 22.8 Å². The Morgan fingerprint density at radius 2 is 2.00 bits per heavy atom. The largest absolute Gasteiger partial charge is 0.373 e. The van der Waals surface area contributed by atoms with Gasteiger partial charge in [0.1, 0.15) is 0 Å². The summed E-state index contributed by atoms with van der Waals surface area (Å²) in [5, 5.41) is 6.78. The molecular weight excluding hydrogens is 332 g/mol. The molecule has 2 fully saturated rings. The van der Waals surface area contributed by atoms with Crippen molar-refractivity contribution in [2.45, 2.75) is 31.9 Å². The number of nitrogens with zero attached hydrogens (tertiary/aromatic N) is 2. The van der Waals surface area contributed by atoms with Gasteiger partial charge >= 0.3 is 0 Å². The molecule has 1 aromatic carbocycles. The van der Waals surface area contributed by atoms with Crippen LogP contribution in [-0.4, -0.2) is 56.4 Å². The highest BCUT2D eigenvalue weighted by atomic mass is 32.2. The van der Waals surface area contributed by atoms with E-state index >= 15 is 0 Å². The Bertz CT molecular complexity index is 563. The summed E-state index contributed by atoms with van der Waals surface area (Å²) >= 11 is 2.04. The zero-order valence-corrected chi connectivity index (χ0v) is 16.2. The molecule has 2 saturated heterocycles. The fourth-order valence-electron chi connectivity index (χ4n) is 3.30. The van der Waals surface area contributed by atoms with Gasteiger partial charge in [0.15, 0.2) is 5.96 Å². The molecule has 0 saturated carbocycles. The van der Waals surface area contributed by atoms with Crippen LogP contribution in [0.3, 0.4) is 0 Å². The van der Waals surface area contributed by atoms with E-state index in [1.54, 1.807) is 0 Å². The lowest BCUT2D eigenvalue weighted by molar-refractivity contribution is 0.0243. The van der Waals surface area contributed by atoms with Gasteiger partial charge < -0.3 is 20.3 Å². The number of nitrogens with one attached hydrogen (secondary N) is 2. The third-order valence-electron chi connectivity index (χ3n) is 4.93. The highest BCUT2D eigenvalue weighted by Crippen LogP contribution is 2.24. The van der Waals surface area contributed by atoms with Gasteiger partial charge in [-0.1, -0.05) is 12.1 Å². The molecule has 6 heteroatoms. The molecule has 2 N–H and O–H groups in total. The van der Waals surface area contributed by atoms with Gasteiger partial charge in [-0.25, -0.2) is 0 Å². The standard InChI is InChI=1S/C19H30N4OS/c1-19(8-3-11-24-19)15-22-18(20-2)21-14-16-4-6-17(7-5-16)23-9-12-25-13-10-23/h4-7H,3,8-15H2,1-2H3,(H2,20,21,22). The predicted molar refractivity (Wildman–Crippen MR) is 108 cm³/mol. The molecule has 0 bridgehead atoms. The van der Waals surface area contributed by atoms with Crippen molar-refractivity contribution in [2.75, 3.05) is 49.7 Å². The first-order valence-corrected chi connectivity index (χ1v) is 10.3. The Balaban J connectivity index is 1.46. The second kappa shape index (κ2) is 8.81. The summed E-state index contributed by atoms with van der Waals surface area (Å²) in [5.41, 5.74) is 2.53. The maximum Gasteiger partial charge on any atom is 0.191 e. The minimum Gasteiger partial charge on any atom is -0.373 e. The normalized spacial score (nSPS) is 24.4. The highest BCUT2D eigenvalue weighted by Gasteiger charge is 2.29. The molecular formula is C19H30N4OS. The quantitative estimate of drug-likeness (QED) is 0.622. The smallest absolute Gasteiger partial charge is 0.191 e. The summed E-state index contributed by atoms with van der Waals surface area (Å²) in [7, 11) is 1.81. The van der Waals surface area contributed by atoms with Gasteiger partial charge in [-0.3, -0.25) is 4.99 Å². The van der Waals surface area contributed by atoms with E-state index in [1.807, 2.05) is 18.8 Å². The van der Waals surface area contributed by atoms with E-state index in [0.29, 0.717) is 0 Å². The van der Waals surface area contributed by atoms with Crippen molar-refractivity contribution >= 4 is 23.4 Å². The average Bonchev–Trinajstić information content (AvgIpc) is 3.10. The molecule has 2 aliphatic heterocycles. The summed E-state index contributed by atoms with van der Waals surface area (Å²) in [6, 6.07) is 8.88.